The average Bonchev–Trinajstić information content (AvgIpc) is 4.04. The first-order chi connectivity index (χ1) is 29.0. The van der Waals surface area contributed by atoms with Crippen LogP contribution in [0.5, 0.6) is 5.88 Å². The number of alkyl carbamates (subject to hydrolysis) is 1. The quantitative estimate of drug-likeness (QED) is 0.265. The van der Waals surface area contributed by atoms with Gasteiger partial charge in [-0.25, -0.2) is 32.0 Å². The molecular weight excluding hydrogens is 839 g/mol. The molecule has 20 heteroatoms. The summed E-state index contributed by atoms with van der Waals surface area (Å²) in [6.45, 7) is 5.82. The molecule has 0 radical (unpaired) electrons. The number of carbonyl (C=O) groups excluding carboxylic acids is 4. The second kappa shape index (κ2) is 16.1. The first kappa shape index (κ1) is 44.8. The number of ether oxygens (including phenoxy) is 2. The predicted octanol–water partition coefficient (Wildman–Crippen LogP) is 4.82. The van der Waals surface area contributed by atoms with Crippen LogP contribution in [-0.4, -0.2) is 94.6 Å². The zero-order valence-electron chi connectivity index (χ0n) is 34.7. The second-order valence-electron chi connectivity index (χ2n) is 18.6. The van der Waals surface area contributed by atoms with Gasteiger partial charge in [0, 0.05) is 18.8 Å². The van der Waals surface area contributed by atoms with Crippen molar-refractivity contribution in [2.24, 2.45) is 23.2 Å². The molecule has 15 nitrogen and oxygen atoms in total. The normalized spacial score (nSPS) is 30.8. The Labute approximate surface area is 356 Å². The molecule has 1 aromatic heterocycles. The van der Waals surface area contributed by atoms with Crippen molar-refractivity contribution in [1.82, 2.24) is 30.2 Å². The van der Waals surface area contributed by atoms with E-state index in [1.54, 1.807) is 20.8 Å². The summed E-state index contributed by atoms with van der Waals surface area (Å²) in [4.78, 5) is 66.0. The van der Waals surface area contributed by atoms with Gasteiger partial charge in [-0.15, -0.1) is 12.3 Å². The molecule has 62 heavy (non-hydrogen) atoms. The summed E-state index contributed by atoms with van der Waals surface area (Å²) in [6, 6.07) is 3.03. The van der Waals surface area contributed by atoms with Crippen LogP contribution in [0.3, 0.4) is 0 Å². The Morgan fingerprint density at radius 2 is 1.79 bits per heavy atom. The van der Waals surface area contributed by atoms with E-state index in [0.29, 0.717) is 25.7 Å². The number of amides is 4. The van der Waals surface area contributed by atoms with Crippen LogP contribution in [-0.2, 0) is 35.1 Å². The van der Waals surface area contributed by atoms with Crippen LogP contribution in [0.1, 0.15) is 103 Å². The fraction of sp³-hybridized carbons (Fsp3) is 0.643. The van der Waals surface area contributed by atoms with Crippen molar-refractivity contribution in [1.29, 1.82) is 5.26 Å². The highest BCUT2D eigenvalue weighted by Gasteiger charge is 2.67. The van der Waals surface area contributed by atoms with Crippen molar-refractivity contribution in [3.63, 3.8) is 0 Å². The van der Waals surface area contributed by atoms with E-state index in [4.69, 9.17) is 15.9 Å². The molecule has 1 saturated heterocycles. The maximum atomic E-state index is 16.4. The lowest BCUT2D eigenvalue weighted by Crippen LogP contribution is -2.60. The van der Waals surface area contributed by atoms with E-state index in [-0.39, 0.29) is 47.7 Å². The molecule has 8 atom stereocenters. The lowest BCUT2D eigenvalue weighted by Gasteiger charge is -2.35. The third-order valence-electron chi connectivity index (χ3n) is 12.9. The van der Waals surface area contributed by atoms with Gasteiger partial charge in [0.1, 0.15) is 29.8 Å². The SMILES string of the molecule is C#C[C@@H]1C[C@H]2CCCCC(F)(F)c3nc4ccc(C#N)cc4nc3O[C@@H]3C[C@@H](C(=O)N[C@]4(C(=O)NS(=O)(=O)C5(C)CC5)C[C@H]4C(F)F)N(C3)C(=O)[C@H](C(C)(C)C)NC(=O)O[C@@H]2C1. The standard InChI is InChI=1S/C42H49F4N7O8S/c1-6-22-15-24-9-7-8-12-42(45,46)31-35(49-28-16-23(20-47)10-11-27(28)48-31)60-25-18-29(53(21-25)36(55)32(39(2,3)4)50-38(57)61-30(24)17-22)34(54)51-41(19-26(41)33(43)44)37(56)52-62(58,59)40(5)13-14-40/h1,10-11,16,22,24-26,29-30,32-33H,7-9,12-15,17-19,21H2,2-5H3,(H,50,57)(H,51,54)(H,52,56)/t22-,24-,25-,26+,29+,30-,32-,41-/m1/s1. The van der Waals surface area contributed by atoms with Gasteiger partial charge in [0.2, 0.25) is 34.1 Å². The van der Waals surface area contributed by atoms with Crippen molar-refractivity contribution in [2.45, 2.75) is 139 Å². The fourth-order valence-electron chi connectivity index (χ4n) is 8.75. The summed E-state index contributed by atoms with van der Waals surface area (Å²) in [7, 11) is -4.33. The summed E-state index contributed by atoms with van der Waals surface area (Å²) in [5.41, 5.74) is -4.01. The van der Waals surface area contributed by atoms with E-state index >= 15 is 8.78 Å². The molecular formula is C42H49F4N7O8S. The minimum atomic E-state index is -4.33. The van der Waals surface area contributed by atoms with Crippen LogP contribution >= 0.6 is 0 Å². The summed E-state index contributed by atoms with van der Waals surface area (Å²) in [5, 5.41) is 14.5. The molecule has 4 fully saturated rings. The molecule has 334 valence electrons. The van der Waals surface area contributed by atoms with Gasteiger partial charge in [0.25, 0.3) is 11.8 Å². The van der Waals surface area contributed by atoms with Gasteiger partial charge in [0.15, 0.2) is 5.69 Å². The number of aromatic nitrogens is 2. The highest BCUT2D eigenvalue weighted by Crippen LogP contribution is 2.50. The number of benzene rings is 1. The molecule has 1 aromatic carbocycles. The number of rotatable bonds is 6. The van der Waals surface area contributed by atoms with Gasteiger partial charge >= 0.3 is 6.09 Å². The number of nitrogens with one attached hydrogen (secondary N) is 3. The third kappa shape index (κ3) is 8.71. The molecule has 2 aliphatic heterocycles. The number of nitrogens with zero attached hydrogens (tertiary/aromatic N) is 4. The zero-order chi connectivity index (χ0) is 45.2. The number of terminal acetylenes is 1. The zero-order valence-corrected chi connectivity index (χ0v) is 35.5. The van der Waals surface area contributed by atoms with Crippen molar-refractivity contribution in [2.75, 3.05) is 6.54 Å². The smallest absolute Gasteiger partial charge is 0.408 e. The van der Waals surface area contributed by atoms with E-state index in [2.05, 4.69) is 26.5 Å². The van der Waals surface area contributed by atoms with Crippen LogP contribution < -0.4 is 20.1 Å². The van der Waals surface area contributed by atoms with Crippen LogP contribution in [0.4, 0.5) is 22.4 Å². The lowest BCUT2D eigenvalue weighted by molar-refractivity contribution is -0.143. The Morgan fingerprint density at radius 1 is 1.06 bits per heavy atom. The molecule has 2 bridgehead atoms. The number of alkyl halides is 4. The summed E-state index contributed by atoms with van der Waals surface area (Å²) in [5.74, 6) is -7.24. The Bertz CT molecular complexity index is 2360. The molecule has 3 aliphatic carbocycles. The highest BCUT2D eigenvalue weighted by atomic mass is 32.2. The number of carbonyl (C=O) groups is 4. The Balaban J connectivity index is 1.27. The average molecular weight is 888 g/mol. The van der Waals surface area contributed by atoms with E-state index in [1.165, 1.54) is 25.1 Å². The fourth-order valence-corrected chi connectivity index (χ4v) is 10.1. The third-order valence-corrected chi connectivity index (χ3v) is 15.1. The van der Waals surface area contributed by atoms with E-state index in [9.17, 15) is 41.6 Å². The minimum Gasteiger partial charge on any atom is -0.471 e. The van der Waals surface area contributed by atoms with Gasteiger partial charge in [-0.05, 0) is 81.4 Å². The maximum Gasteiger partial charge on any atom is 0.408 e. The van der Waals surface area contributed by atoms with Crippen molar-refractivity contribution in [3.8, 4) is 24.3 Å². The highest BCUT2D eigenvalue weighted by molar-refractivity contribution is 7.91. The summed E-state index contributed by atoms with van der Waals surface area (Å²) >= 11 is 0. The van der Waals surface area contributed by atoms with Crippen LogP contribution in [0, 0.1) is 46.8 Å². The van der Waals surface area contributed by atoms with Crippen molar-refractivity contribution < 1.29 is 54.6 Å². The van der Waals surface area contributed by atoms with Crippen molar-refractivity contribution >= 4 is 44.9 Å². The van der Waals surface area contributed by atoms with Gasteiger partial charge < -0.3 is 25.0 Å². The Morgan fingerprint density at radius 3 is 2.42 bits per heavy atom. The Hall–Kier alpha value is -5.24. The van der Waals surface area contributed by atoms with Crippen LogP contribution in [0.15, 0.2) is 18.2 Å². The molecule has 4 amide bonds. The molecule has 2 aromatic rings. The largest absolute Gasteiger partial charge is 0.471 e. The van der Waals surface area contributed by atoms with Gasteiger partial charge in [0.05, 0.1) is 39.9 Å². The number of halogens is 4. The molecule has 3 heterocycles. The summed E-state index contributed by atoms with van der Waals surface area (Å²) in [6.07, 6.45) is -0.128. The van der Waals surface area contributed by atoms with E-state index < -0.39 is 129 Å². The molecule has 0 spiro atoms. The Kier molecular flexibility index (Phi) is 11.7. The minimum absolute atomic E-state index is 0.0190. The van der Waals surface area contributed by atoms with Gasteiger partial charge in [-0.2, -0.15) is 14.0 Å². The van der Waals surface area contributed by atoms with Gasteiger partial charge in [-0.1, -0.05) is 27.2 Å². The number of hydrogen-bond acceptors (Lipinski definition) is 11. The first-order valence-electron chi connectivity index (χ1n) is 20.7. The molecule has 3 saturated carbocycles. The number of fused-ring (bicyclic) bond motifs is 5. The molecule has 3 N–H and O–H groups in total. The first-order valence-corrected chi connectivity index (χ1v) is 22.2. The van der Waals surface area contributed by atoms with Gasteiger partial charge in [-0.3, -0.25) is 19.1 Å². The predicted molar refractivity (Wildman–Crippen MR) is 213 cm³/mol. The van der Waals surface area contributed by atoms with E-state index in [0.717, 1.165) is 4.90 Å². The van der Waals surface area contributed by atoms with Crippen molar-refractivity contribution in [3.05, 3.63) is 29.5 Å². The van der Waals surface area contributed by atoms with Crippen LogP contribution in [0.2, 0.25) is 0 Å². The summed E-state index contributed by atoms with van der Waals surface area (Å²) < 4.78 is 100.0. The van der Waals surface area contributed by atoms with Crippen LogP contribution in [0.25, 0.3) is 11.0 Å². The molecule has 7 rings (SSSR count). The molecule has 0 unspecified atom stereocenters. The van der Waals surface area contributed by atoms with E-state index in [1.807, 2.05) is 10.8 Å². The number of hydrogen-bond donors (Lipinski definition) is 3. The molecule has 5 aliphatic rings. The lowest BCUT2D eigenvalue weighted by atomic mass is 9.85. The monoisotopic (exact) mass is 887 g/mol. The number of nitriles is 1. The maximum absolute atomic E-state index is 16.4. The topological polar surface area (TPSA) is 210 Å². The second-order valence-corrected chi connectivity index (χ2v) is 20.8. The number of sulfonamides is 1.